The maximum Gasteiger partial charge on any atom is 0.261 e. The third-order valence-electron chi connectivity index (χ3n) is 5.97. The highest BCUT2D eigenvalue weighted by atomic mass is 16.2. The number of imide groups is 1. The van der Waals surface area contributed by atoms with Gasteiger partial charge in [0.1, 0.15) is 0 Å². The average molecular weight is 399 g/mol. The molecule has 158 valence electrons. The average Bonchev–Trinajstić information content (AvgIpc) is 2.85. The molecule has 0 saturated heterocycles. The number of nitrogens with zero attached hydrogens (tertiary/aromatic N) is 1. The number of rotatable bonds is 5. The fourth-order valence-electron chi connectivity index (χ4n) is 5.21. The summed E-state index contributed by atoms with van der Waals surface area (Å²) >= 11 is 0. The Morgan fingerprint density at radius 1 is 1.00 bits per heavy atom. The Morgan fingerprint density at radius 2 is 1.55 bits per heavy atom. The summed E-state index contributed by atoms with van der Waals surface area (Å²) < 4.78 is 0. The number of carbonyl (C=O) groups excluding carboxylic acids is 3. The summed E-state index contributed by atoms with van der Waals surface area (Å²) in [5.41, 5.74) is 0.761. The van der Waals surface area contributed by atoms with Crippen molar-refractivity contribution in [3.8, 4) is 0 Å². The van der Waals surface area contributed by atoms with Crippen molar-refractivity contribution in [3.05, 3.63) is 35.4 Å². The van der Waals surface area contributed by atoms with E-state index in [1.54, 1.807) is 24.3 Å². The molecule has 0 aromatic heterocycles. The molecule has 2 aliphatic rings. The number of carbonyl (C=O) groups is 3. The second kappa shape index (κ2) is 7.92. The third kappa shape index (κ3) is 4.88. The molecule has 1 aromatic carbocycles. The number of hydrogen-bond donors (Lipinski definition) is 1. The number of hydrogen-bond acceptors (Lipinski definition) is 3. The Balaban J connectivity index is 1.71. The zero-order chi connectivity index (χ0) is 21.4. The fourth-order valence-corrected chi connectivity index (χ4v) is 5.21. The SMILES string of the molecule is CC(C)(C)CC(C)(C)NC(=O)C1CCCCC1CN1C(=O)c2ccccc2C1=O. The first-order chi connectivity index (χ1) is 13.5. The highest BCUT2D eigenvalue weighted by Crippen LogP contribution is 2.34. The van der Waals surface area contributed by atoms with E-state index in [1.165, 1.54) is 4.90 Å². The third-order valence-corrected chi connectivity index (χ3v) is 5.97. The van der Waals surface area contributed by atoms with Crippen LogP contribution in [-0.4, -0.2) is 34.7 Å². The summed E-state index contributed by atoms with van der Waals surface area (Å²) in [5.74, 6) is -0.559. The predicted molar refractivity (Wildman–Crippen MR) is 114 cm³/mol. The van der Waals surface area contributed by atoms with Crippen LogP contribution in [0.3, 0.4) is 0 Å². The van der Waals surface area contributed by atoms with E-state index >= 15 is 0 Å². The van der Waals surface area contributed by atoms with E-state index < -0.39 is 0 Å². The van der Waals surface area contributed by atoms with Crippen molar-refractivity contribution in [1.29, 1.82) is 0 Å². The van der Waals surface area contributed by atoms with Crippen LogP contribution in [0.25, 0.3) is 0 Å². The molecule has 5 heteroatoms. The van der Waals surface area contributed by atoms with Gasteiger partial charge >= 0.3 is 0 Å². The second-order valence-electron chi connectivity index (χ2n) is 10.5. The molecule has 2 unspecified atom stereocenters. The van der Waals surface area contributed by atoms with Crippen LogP contribution in [0.2, 0.25) is 0 Å². The maximum atomic E-state index is 13.2. The summed E-state index contributed by atoms with van der Waals surface area (Å²) in [4.78, 5) is 40.0. The van der Waals surface area contributed by atoms with Crippen LogP contribution in [0.4, 0.5) is 0 Å². The lowest BCUT2D eigenvalue weighted by molar-refractivity contribution is -0.130. The van der Waals surface area contributed by atoms with E-state index in [-0.39, 0.29) is 40.5 Å². The van der Waals surface area contributed by atoms with Crippen LogP contribution >= 0.6 is 0 Å². The molecule has 1 N–H and O–H groups in total. The van der Waals surface area contributed by atoms with Crippen molar-refractivity contribution in [1.82, 2.24) is 10.2 Å². The molecule has 3 amide bonds. The van der Waals surface area contributed by atoms with Crippen LogP contribution < -0.4 is 5.32 Å². The summed E-state index contributed by atoms with van der Waals surface area (Å²) in [7, 11) is 0. The standard InChI is InChI=1S/C24H34N2O3/c1-23(2,3)15-24(4,5)25-20(27)17-11-7-6-10-16(17)14-26-21(28)18-12-8-9-13-19(18)22(26)29/h8-9,12-13,16-17H,6-7,10-11,14-15H2,1-5H3,(H,25,27). The van der Waals surface area contributed by atoms with Gasteiger partial charge in [-0.3, -0.25) is 19.3 Å². The molecule has 1 fully saturated rings. The monoisotopic (exact) mass is 398 g/mol. The van der Waals surface area contributed by atoms with Crippen LogP contribution in [0, 0.1) is 17.3 Å². The molecule has 1 aliphatic carbocycles. The van der Waals surface area contributed by atoms with Gasteiger partial charge in [0.25, 0.3) is 11.8 Å². The smallest absolute Gasteiger partial charge is 0.261 e. The Bertz CT molecular complexity index is 772. The minimum Gasteiger partial charge on any atom is -0.351 e. The number of benzene rings is 1. The first-order valence-corrected chi connectivity index (χ1v) is 10.8. The highest BCUT2D eigenvalue weighted by molar-refractivity contribution is 6.21. The molecule has 1 saturated carbocycles. The first-order valence-electron chi connectivity index (χ1n) is 10.8. The first kappa shape index (κ1) is 21.5. The zero-order valence-electron chi connectivity index (χ0n) is 18.4. The summed E-state index contributed by atoms with van der Waals surface area (Å²) in [6.45, 7) is 11.0. The predicted octanol–water partition coefficient (Wildman–Crippen LogP) is 4.42. The summed E-state index contributed by atoms with van der Waals surface area (Å²) in [5, 5.41) is 3.25. The Hall–Kier alpha value is -2.17. The van der Waals surface area contributed by atoms with Gasteiger partial charge in [-0.2, -0.15) is 0 Å². The fraction of sp³-hybridized carbons (Fsp3) is 0.625. The molecule has 1 aliphatic heterocycles. The Labute approximate surface area is 174 Å². The lowest BCUT2D eigenvalue weighted by Gasteiger charge is -2.38. The van der Waals surface area contributed by atoms with E-state index in [1.807, 2.05) is 0 Å². The molecule has 29 heavy (non-hydrogen) atoms. The molecule has 5 nitrogen and oxygen atoms in total. The minimum atomic E-state index is -0.299. The van der Waals surface area contributed by atoms with Gasteiger partial charge in [-0.1, -0.05) is 45.7 Å². The van der Waals surface area contributed by atoms with Gasteiger partial charge in [-0.05, 0) is 56.6 Å². The van der Waals surface area contributed by atoms with E-state index in [2.05, 4.69) is 39.9 Å². The number of nitrogens with one attached hydrogen (secondary N) is 1. The largest absolute Gasteiger partial charge is 0.351 e. The lowest BCUT2D eigenvalue weighted by Crippen LogP contribution is -2.51. The van der Waals surface area contributed by atoms with Crippen LogP contribution in [0.15, 0.2) is 24.3 Å². The lowest BCUT2D eigenvalue weighted by atomic mass is 9.77. The van der Waals surface area contributed by atoms with Gasteiger partial charge in [0.2, 0.25) is 5.91 Å². The molecule has 3 rings (SSSR count). The topological polar surface area (TPSA) is 66.5 Å². The Kier molecular flexibility index (Phi) is 5.88. The maximum absolute atomic E-state index is 13.2. The van der Waals surface area contributed by atoms with E-state index in [4.69, 9.17) is 0 Å². The highest BCUT2D eigenvalue weighted by Gasteiger charge is 2.41. The molecule has 1 heterocycles. The summed E-state index contributed by atoms with van der Waals surface area (Å²) in [6.07, 6.45) is 4.59. The summed E-state index contributed by atoms with van der Waals surface area (Å²) in [6, 6.07) is 6.97. The van der Waals surface area contributed by atoms with Crippen molar-refractivity contribution in [3.63, 3.8) is 0 Å². The van der Waals surface area contributed by atoms with Crippen molar-refractivity contribution >= 4 is 17.7 Å². The quantitative estimate of drug-likeness (QED) is 0.747. The van der Waals surface area contributed by atoms with Gasteiger partial charge in [-0.25, -0.2) is 0 Å². The van der Waals surface area contributed by atoms with Crippen molar-refractivity contribution in [2.75, 3.05) is 6.54 Å². The molecular weight excluding hydrogens is 364 g/mol. The molecule has 0 bridgehead atoms. The van der Waals surface area contributed by atoms with Crippen LogP contribution in [0.5, 0.6) is 0 Å². The number of fused-ring (bicyclic) bond motifs is 1. The molecule has 0 spiro atoms. The molecule has 0 radical (unpaired) electrons. The minimum absolute atomic E-state index is 0.0106. The van der Waals surface area contributed by atoms with Gasteiger partial charge in [-0.15, -0.1) is 0 Å². The molecule has 1 aromatic rings. The van der Waals surface area contributed by atoms with Crippen molar-refractivity contribution < 1.29 is 14.4 Å². The van der Waals surface area contributed by atoms with E-state index in [0.717, 1.165) is 32.1 Å². The number of amides is 3. The zero-order valence-corrected chi connectivity index (χ0v) is 18.4. The van der Waals surface area contributed by atoms with Gasteiger partial charge in [0.05, 0.1) is 11.1 Å². The second-order valence-corrected chi connectivity index (χ2v) is 10.5. The van der Waals surface area contributed by atoms with E-state index in [9.17, 15) is 14.4 Å². The Morgan fingerprint density at radius 3 is 2.10 bits per heavy atom. The van der Waals surface area contributed by atoms with E-state index in [0.29, 0.717) is 17.7 Å². The van der Waals surface area contributed by atoms with Gasteiger partial charge in [0.15, 0.2) is 0 Å². The van der Waals surface area contributed by atoms with Gasteiger partial charge < -0.3 is 5.32 Å². The van der Waals surface area contributed by atoms with Gasteiger partial charge in [0, 0.05) is 18.0 Å². The molecule has 2 atom stereocenters. The normalized spacial score (nSPS) is 22.6. The van der Waals surface area contributed by atoms with Crippen molar-refractivity contribution in [2.24, 2.45) is 17.3 Å². The van der Waals surface area contributed by atoms with Crippen molar-refractivity contribution in [2.45, 2.75) is 72.3 Å². The van der Waals surface area contributed by atoms with Crippen LogP contribution in [0.1, 0.15) is 87.4 Å². The molecular formula is C24H34N2O3. The van der Waals surface area contributed by atoms with Crippen LogP contribution in [-0.2, 0) is 4.79 Å².